The summed E-state index contributed by atoms with van der Waals surface area (Å²) < 4.78 is 20.6. The normalized spacial score (nSPS) is 29.4. The zero-order valence-electron chi connectivity index (χ0n) is 11.8. The molecule has 0 aromatic heterocycles. The Balaban J connectivity index is 1.94. The average molecular weight is 354 g/mol. The molecule has 1 aromatic rings. The number of benzene rings is 1. The summed E-state index contributed by atoms with van der Waals surface area (Å²) in [5.41, 5.74) is 0. The van der Waals surface area contributed by atoms with Crippen LogP contribution >= 0.6 is 16.6 Å². The van der Waals surface area contributed by atoms with Crippen LogP contribution in [-0.4, -0.2) is 58.3 Å². The molecule has 1 unspecified atom stereocenters. The van der Waals surface area contributed by atoms with Crippen LogP contribution in [0.25, 0.3) is 0 Å². The second-order valence-corrected chi connectivity index (χ2v) is 8.65. The van der Waals surface area contributed by atoms with E-state index in [1.54, 1.807) is 40.3 Å². The molecule has 8 nitrogen and oxygen atoms in total. The Bertz CT molecular complexity index is 477. The van der Waals surface area contributed by atoms with Crippen molar-refractivity contribution in [1.82, 2.24) is 0 Å². The van der Waals surface area contributed by atoms with Gasteiger partial charge in [0.25, 0.3) is 0 Å². The summed E-state index contributed by atoms with van der Waals surface area (Å²) in [4.78, 5) is 18.3. The SMILES string of the molecule is COc1ccc(O[C@@H]2O[C@H](CO[PH](O)(O)P)[C@@H](O)[C@H]2O)cc1. The third kappa shape index (κ3) is 4.72. The summed E-state index contributed by atoms with van der Waals surface area (Å²) in [6.07, 6.45) is -4.56. The van der Waals surface area contributed by atoms with Gasteiger partial charge >= 0.3 is 129 Å². The molecule has 126 valence electrons. The fourth-order valence-corrected chi connectivity index (χ4v) is 2.64. The molecule has 1 aliphatic heterocycles. The van der Waals surface area contributed by atoms with Gasteiger partial charge in [-0.05, 0) is 0 Å². The number of aliphatic hydroxyl groups excluding tert-OH is 2. The van der Waals surface area contributed by atoms with Gasteiger partial charge in [0.15, 0.2) is 0 Å². The van der Waals surface area contributed by atoms with Gasteiger partial charge in [-0.1, -0.05) is 0 Å². The Hall–Kier alpha value is -0.560. The zero-order valence-corrected chi connectivity index (χ0v) is 14.0. The Morgan fingerprint density at radius 3 is 2.27 bits per heavy atom. The second-order valence-electron chi connectivity index (χ2n) is 4.79. The standard InChI is InChI=1S/C12H20O8P2/c1-17-7-2-4-8(5-3-7)19-12-11(14)10(13)9(20-12)6-18-22(15,16)21/h2-5,9-16,22H,6,21H2,1H3/t9-,10-,11-,12-/m1/s1. The van der Waals surface area contributed by atoms with Crippen LogP contribution in [0.5, 0.6) is 11.5 Å². The van der Waals surface area contributed by atoms with Crippen LogP contribution in [0, 0.1) is 0 Å². The van der Waals surface area contributed by atoms with E-state index in [1.807, 2.05) is 0 Å². The van der Waals surface area contributed by atoms with Crippen molar-refractivity contribution in [3.05, 3.63) is 24.3 Å². The molecule has 0 spiro atoms. The van der Waals surface area contributed by atoms with E-state index in [0.29, 0.717) is 11.5 Å². The van der Waals surface area contributed by atoms with Gasteiger partial charge < -0.3 is 0 Å². The number of aliphatic hydroxyl groups is 2. The van der Waals surface area contributed by atoms with Crippen molar-refractivity contribution in [2.24, 2.45) is 0 Å². The molecule has 1 heterocycles. The number of rotatable bonds is 6. The predicted molar refractivity (Wildman–Crippen MR) is 82.7 cm³/mol. The van der Waals surface area contributed by atoms with Crippen LogP contribution < -0.4 is 9.47 Å². The Labute approximate surface area is 130 Å². The number of ether oxygens (including phenoxy) is 3. The first-order valence-electron chi connectivity index (χ1n) is 6.50. The minimum atomic E-state index is -3.79. The van der Waals surface area contributed by atoms with Crippen LogP contribution in [0.1, 0.15) is 0 Å². The van der Waals surface area contributed by atoms with Crippen molar-refractivity contribution in [3.8, 4) is 11.5 Å². The average Bonchev–Trinajstić information content (AvgIpc) is 2.73. The summed E-state index contributed by atoms with van der Waals surface area (Å²) in [5, 5.41) is 19.8. The van der Waals surface area contributed by atoms with Gasteiger partial charge in [-0.3, -0.25) is 0 Å². The Morgan fingerprint density at radius 2 is 1.73 bits per heavy atom. The maximum absolute atomic E-state index is 9.92. The monoisotopic (exact) mass is 354 g/mol. The van der Waals surface area contributed by atoms with E-state index >= 15 is 0 Å². The topological polar surface area (TPSA) is 118 Å². The minimum absolute atomic E-state index is 0.274. The third-order valence-corrected chi connectivity index (χ3v) is 4.18. The van der Waals surface area contributed by atoms with Gasteiger partial charge in [-0.2, -0.15) is 0 Å². The van der Waals surface area contributed by atoms with Gasteiger partial charge in [-0.15, -0.1) is 0 Å². The Morgan fingerprint density at radius 1 is 1.14 bits per heavy atom. The molecule has 1 aromatic carbocycles. The molecule has 5 atom stereocenters. The summed E-state index contributed by atoms with van der Waals surface area (Å²) in [7, 11) is -0.457. The van der Waals surface area contributed by atoms with E-state index in [0.717, 1.165) is 0 Å². The quantitative estimate of drug-likeness (QED) is 0.519. The van der Waals surface area contributed by atoms with Gasteiger partial charge in [0.05, 0.1) is 0 Å². The molecule has 0 amide bonds. The summed E-state index contributed by atoms with van der Waals surface area (Å²) in [6, 6.07) is 6.62. The molecular formula is C12H20O8P2. The first-order chi connectivity index (χ1) is 10.3. The molecule has 1 aliphatic rings. The fraction of sp³-hybridized carbons (Fsp3) is 0.500. The van der Waals surface area contributed by atoms with Crippen molar-refractivity contribution in [1.29, 1.82) is 0 Å². The molecule has 0 bridgehead atoms. The van der Waals surface area contributed by atoms with Crippen molar-refractivity contribution < 1.29 is 38.7 Å². The van der Waals surface area contributed by atoms with Gasteiger partial charge in [0.2, 0.25) is 0 Å². The Kier molecular flexibility index (Phi) is 5.94. The fourth-order valence-electron chi connectivity index (χ4n) is 1.94. The molecular weight excluding hydrogens is 334 g/mol. The maximum atomic E-state index is 9.92. The van der Waals surface area contributed by atoms with Crippen molar-refractivity contribution >= 4 is 16.6 Å². The molecule has 0 saturated carbocycles. The molecule has 22 heavy (non-hydrogen) atoms. The van der Waals surface area contributed by atoms with Gasteiger partial charge in [0, 0.05) is 0 Å². The molecule has 2 rings (SSSR count). The van der Waals surface area contributed by atoms with E-state index in [1.165, 1.54) is 0 Å². The number of hydrogen-bond donors (Lipinski definition) is 4. The van der Waals surface area contributed by atoms with Crippen LogP contribution in [0.3, 0.4) is 0 Å². The molecule has 0 radical (unpaired) electrons. The molecule has 10 heteroatoms. The van der Waals surface area contributed by atoms with E-state index in [9.17, 15) is 20.0 Å². The summed E-state index contributed by atoms with van der Waals surface area (Å²) in [6.45, 7) is -0.274. The molecule has 1 saturated heterocycles. The van der Waals surface area contributed by atoms with E-state index in [2.05, 4.69) is 0 Å². The van der Waals surface area contributed by atoms with Crippen molar-refractivity contribution in [3.63, 3.8) is 0 Å². The third-order valence-electron chi connectivity index (χ3n) is 3.09. The van der Waals surface area contributed by atoms with E-state index in [4.69, 9.17) is 18.7 Å². The van der Waals surface area contributed by atoms with Gasteiger partial charge in [-0.25, -0.2) is 0 Å². The van der Waals surface area contributed by atoms with Crippen molar-refractivity contribution in [2.75, 3.05) is 13.7 Å². The van der Waals surface area contributed by atoms with Crippen LogP contribution in [0.15, 0.2) is 24.3 Å². The molecule has 1 fully saturated rings. The van der Waals surface area contributed by atoms with E-state index in [-0.39, 0.29) is 6.61 Å². The van der Waals surface area contributed by atoms with Crippen molar-refractivity contribution in [2.45, 2.75) is 24.6 Å². The molecule has 0 aliphatic carbocycles. The van der Waals surface area contributed by atoms with E-state index < -0.39 is 32.2 Å². The zero-order chi connectivity index (χ0) is 16.3. The first-order valence-corrected chi connectivity index (χ1v) is 10.1. The summed E-state index contributed by atoms with van der Waals surface area (Å²) in [5.74, 6) is 1.08. The van der Waals surface area contributed by atoms with Crippen LogP contribution in [0.2, 0.25) is 0 Å². The number of methoxy groups -OCH3 is 1. The van der Waals surface area contributed by atoms with Crippen LogP contribution in [0.4, 0.5) is 0 Å². The first kappa shape index (κ1) is 17.8. The summed E-state index contributed by atoms with van der Waals surface area (Å²) >= 11 is 0. The predicted octanol–water partition coefficient (Wildman–Crippen LogP) is -0.193. The van der Waals surface area contributed by atoms with Gasteiger partial charge in [0.1, 0.15) is 0 Å². The second kappa shape index (κ2) is 7.34. The van der Waals surface area contributed by atoms with Crippen LogP contribution in [-0.2, 0) is 9.26 Å². The molecule has 4 N–H and O–H groups in total. The number of hydrogen-bond acceptors (Lipinski definition) is 8.